The summed E-state index contributed by atoms with van der Waals surface area (Å²) < 4.78 is 5.79. The van der Waals surface area contributed by atoms with Crippen LogP contribution in [0.3, 0.4) is 0 Å². The monoisotopic (exact) mass is 477 g/mol. The van der Waals surface area contributed by atoms with Crippen LogP contribution in [0.4, 0.5) is 11.4 Å². The summed E-state index contributed by atoms with van der Waals surface area (Å²) in [5.74, 6) is 1.26. The number of amides is 2. The van der Waals surface area contributed by atoms with Crippen molar-refractivity contribution in [2.24, 2.45) is 5.92 Å². The van der Waals surface area contributed by atoms with Crippen LogP contribution in [-0.2, 0) is 9.59 Å². The maximum absolute atomic E-state index is 12.4. The lowest BCUT2D eigenvalue weighted by atomic mass is 10.1. The minimum atomic E-state index is -0.276. The molecule has 0 atom stereocenters. The summed E-state index contributed by atoms with van der Waals surface area (Å²) in [6.07, 6.45) is 3.07. The number of nitrogens with one attached hydrogen (secondary N) is 1. The molecule has 1 saturated heterocycles. The van der Waals surface area contributed by atoms with Crippen LogP contribution in [0.25, 0.3) is 17.4 Å². The van der Waals surface area contributed by atoms with Crippen molar-refractivity contribution in [3.8, 4) is 11.3 Å². The molecule has 0 bridgehead atoms. The topological polar surface area (TPSA) is 65.8 Å². The van der Waals surface area contributed by atoms with Crippen LogP contribution < -0.4 is 10.2 Å². The van der Waals surface area contributed by atoms with E-state index in [0.29, 0.717) is 29.6 Å². The molecular formula is C27H28ClN3O3. The number of benzene rings is 2. The number of rotatable bonds is 6. The molecule has 1 aliphatic heterocycles. The van der Waals surface area contributed by atoms with Crippen LogP contribution in [0.2, 0.25) is 5.02 Å². The van der Waals surface area contributed by atoms with Crippen LogP contribution in [0, 0.1) is 5.92 Å². The lowest BCUT2D eigenvalue weighted by Crippen LogP contribution is -2.50. The highest BCUT2D eigenvalue weighted by atomic mass is 35.5. The molecule has 176 valence electrons. The van der Waals surface area contributed by atoms with E-state index in [4.69, 9.17) is 16.0 Å². The van der Waals surface area contributed by atoms with Gasteiger partial charge in [0, 0.05) is 49.4 Å². The van der Waals surface area contributed by atoms with Crippen molar-refractivity contribution in [1.82, 2.24) is 4.90 Å². The summed E-state index contributed by atoms with van der Waals surface area (Å²) in [6.45, 7) is 6.64. The van der Waals surface area contributed by atoms with Gasteiger partial charge in [0.25, 0.3) is 0 Å². The molecule has 3 aromatic rings. The van der Waals surface area contributed by atoms with Crippen LogP contribution >= 0.6 is 11.6 Å². The highest BCUT2D eigenvalue weighted by molar-refractivity contribution is 6.33. The number of carbonyl (C=O) groups is 2. The average molecular weight is 478 g/mol. The minimum Gasteiger partial charge on any atom is -0.457 e. The second-order valence-electron chi connectivity index (χ2n) is 8.52. The highest BCUT2D eigenvalue weighted by Crippen LogP contribution is 2.30. The summed E-state index contributed by atoms with van der Waals surface area (Å²) in [5.41, 5.74) is 2.49. The average Bonchev–Trinajstić information content (AvgIpc) is 3.32. The first-order valence-corrected chi connectivity index (χ1v) is 11.8. The van der Waals surface area contributed by atoms with Crippen molar-refractivity contribution in [3.05, 3.63) is 77.5 Å². The fourth-order valence-corrected chi connectivity index (χ4v) is 4.22. The van der Waals surface area contributed by atoms with Crippen molar-refractivity contribution in [1.29, 1.82) is 0 Å². The van der Waals surface area contributed by atoms with Crippen LogP contribution in [0.5, 0.6) is 0 Å². The molecule has 34 heavy (non-hydrogen) atoms. The lowest BCUT2D eigenvalue weighted by molar-refractivity contribution is -0.134. The molecular weight excluding hydrogens is 450 g/mol. The molecule has 1 N–H and O–H groups in total. The zero-order valence-corrected chi connectivity index (χ0v) is 20.1. The lowest BCUT2D eigenvalue weighted by Gasteiger charge is -2.37. The second-order valence-corrected chi connectivity index (χ2v) is 8.93. The van der Waals surface area contributed by atoms with E-state index in [-0.39, 0.29) is 17.7 Å². The van der Waals surface area contributed by atoms with Gasteiger partial charge in [-0.1, -0.05) is 55.8 Å². The van der Waals surface area contributed by atoms with Crippen LogP contribution in [0.1, 0.15) is 19.6 Å². The number of furan rings is 1. The molecule has 0 saturated carbocycles. The van der Waals surface area contributed by atoms with Crippen LogP contribution in [-0.4, -0.2) is 42.9 Å². The minimum absolute atomic E-state index is 0.00535. The van der Waals surface area contributed by atoms with Gasteiger partial charge in [-0.2, -0.15) is 0 Å². The molecule has 0 aliphatic carbocycles. The second kappa shape index (κ2) is 10.6. The number of anilines is 2. The fourth-order valence-electron chi connectivity index (χ4n) is 3.92. The predicted octanol–water partition coefficient (Wildman–Crippen LogP) is 5.56. The molecule has 0 spiro atoms. The SMILES string of the molecule is CC(C)C(=O)N1CCN(c2ccc(NC(=O)/C=C/c3ccc(-c4ccccc4)o3)cc2Cl)CC1. The van der Waals surface area contributed by atoms with Gasteiger partial charge in [-0.05, 0) is 36.4 Å². The number of hydrogen-bond acceptors (Lipinski definition) is 4. The zero-order valence-electron chi connectivity index (χ0n) is 19.3. The van der Waals surface area contributed by atoms with E-state index in [2.05, 4.69) is 10.2 Å². The smallest absolute Gasteiger partial charge is 0.248 e. The summed E-state index contributed by atoms with van der Waals surface area (Å²) in [5, 5.41) is 3.39. The Hall–Kier alpha value is -3.51. The van der Waals surface area contributed by atoms with E-state index in [1.807, 2.05) is 73.3 Å². The zero-order chi connectivity index (χ0) is 24.1. The first kappa shape index (κ1) is 23.6. The van der Waals surface area contributed by atoms with Crippen molar-refractivity contribution < 1.29 is 14.0 Å². The molecule has 2 amide bonds. The molecule has 0 unspecified atom stereocenters. The standard InChI is InChI=1S/C27H28ClN3O3/c1-19(2)27(33)31-16-14-30(15-17-31)24-11-8-21(18-23(24)28)29-26(32)13-10-22-9-12-25(34-22)20-6-4-3-5-7-20/h3-13,18-19H,14-17H2,1-2H3,(H,29,32)/b13-10+. The Morgan fingerprint density at radius 1 is 1.00 bits per heavy atom. The van der Waals surface area contributed by atoms with Crippen molar-refractivity contribution in [2.45, 2.75) is 13.8 Å². The summed E-state index contributed by atoms with van der Waals surface area (Å²) >= 11 is 6.52. The Morgan fingerprint density at radius 3 is 2.41 bits per heavy atom. The first-order valence-electron chi connectivity index (χ1n) is 11.4. The quantitative estimate of drug-likeness (QED) is 0.472. The Kier molecular flexibility index (Phi) is 7.38. The van der Waals surface area contributed by atoms with Crippen molar-refractivity contribution in [2.75, 3.05) is 36.4 Å². The molecule has 2 heterocycles. The molecule has 2 aromatic carbocycles. The molecule has 6 nitrogen and oxygen atoms in total. The number of nitrogens with zero attached hydrogens (tertiary/aromatic N) is 2. The molecule has 0 radical (unpaired) electrons. The van der Waals surface area contributed by atoms with Gasteiger partial charge in [-0.25, -0.2) is 0 Å². The van der Waals surface area contributed by atoms with Gasteiger partial charge in [-0.3, -0.25) is 9.59 Å². The largest absolute Gasteiger partial charge is 0.457 e. The Balaban J connectivity index is 1.33. The van der Waals surface area contributed by atoms with Crippen molar-refractivity contribution in [3.63, 3.8) is 0 Å². The van der Waals surface area contributed by atoms with Gasteiger partial charge in [0.15, 0.2) is 0 Å². The number of hydrogen-bond donors (Lipinski definition) is 1. The van der Waals surface area contributed by atoms with Gasteiger partial charge < -0.3 is 19.5 Å². The van der Waals surface area contributed by atoms with Crippen molar-refractivity contribution >= 4 is 40.9 Å². The number of piperazine rings is 1. The summed E-state index contributed by atoms with van der Waals surface area (Å²) in [7, 11) is 0. The van der Waals surface area contributed by atoms with Gasteiger partial charge in [0.05, 0.1) is 10.7 Å². The van der Waals surface area contributed by atoms with E-state index < -0.39 is 0 Å². The van der Waals surface area contributed by atoms with Gasteiger partial charge >= 0.3 is 0 Å². The van der Waals surface area contributed by atoms with E-state index in [9.17, 15) is 9.59 Å². The van der Waals surface area contributed by atoms with E-state index >= 15 is 0 Å². The summed E-state index contributed by atoms with van der Waals surface area (Å²) in [4.78, 5) is 28.6. The predicted molar refractivity (Wildman–Crippen MR) is 137 cm³/mol. The Morgan fingerprint density at radius 2 is 1.74 bits per heavy atom. The number of carbonyl (C=O) groups excluding carboxylic acids is 2. The molecule has 1 aliphatic rings. The third kappa shape index (κ3) is 5.69. The third-order valence-electron chi connectivity index (χ3n) is 5.73. The Bertz CT molecular complexity index is 1180. The van der Waals surface area contributed by atoms with E-state index in [1.54, 1.807) is 12.1 Å². The molecule has 4 rings (SSSR count). The first-order chi connectivity index (χ1) is 16.4. The van der Waals surface area contributed by atoms with Crippen LogP contribution in [0.15, 0.2) is 71.2 Å². The molecule has 1 fully saturated rings. The fraction of sp³-hybridized carbons (Fsp3) is 0.259. The Labute approximate surface area is 204 Å². The number of halogens is 1. The normalized spacial score (nSPS) is 14.1. The highest BCUT2D eigenvalue weighted by Gasteiger charge is 2.24. The summed E-state index contributed by atoms with van der Waals surface area (Å²) in [6, 6.07) is 19.0. The van der Waals surface area contributed by atoms with E-state index in [0.717, 1.165) is 30.1 Å². The van der Waals surface area contributed by atoms with Gasteiger partial charge in [0.2, 0.25) is 11.8 Å². The van der Waals surface area contributed by atoms with E-state index in [1.165, 1.54) is 6.08 Å². The molecule has 7 heteroatoms. The van der Waals surface area contributed by atoms with Gasteiger partial charge in [-0.15, -0.1) is 0 Å². The third-order valence-corrected chi connectivity index (χ3v) is 6.03. The maximum Gasteiger partial charge on any atom is 0.248 e. The maximum atomic E-state index is 12.4. The molecule has 1 aromatic heterocycles. The van der Waals surface area contributed by atoms with Gasteiger partial charge in [0.1, 0.15) is 11.5 Å².